The molecule has 3 aliphatic heterocycles. The van der Waals surface area contributed by atoms with Crippen molar-refractivity contribution in [2.75, 3.05) is 71.4 Å². The Morgan fingerprint density at radius 1 is 1.09 bits per heavy atom. The highest BCUT2D eigenvalue weighted by molar-refractivity contribution is 5.81. The van der Waals surface area contributed by atoms with E-state index in [1.807, 2.05) is 36.0 Å². The van der Waals surface area contributed by atoms with Crippen LogP contribution in [0.25, 0.3) is 0 Å². The maximum Gasteiger partial charge on any atom is 0.312 e. The number of carbonyl (C=O) groups excluding carboxylic acids is 2. The fraction of sp³-hybridized carbons (Fsp3) is 0.667. The largest absolute Gasteiger partial charge is 0.462 e. The van der Waals surface area contributed by atoms with Crippen LogP contribution in [-0.2, 0) is 14.3 Å². The molecule has 1 amide bonds. The van der Waals surface area contributed by atoms with Gasteiger partial charge < -0.3 is 19.4 Å². The molecule has 4 rings (SSSR count). The van der Waals surface area contributed by atoms with Gasteiger partial charge in [0.15, 0.2) is 0 Å². The van der Waals surface area contributed by atoms with Gasteiger partial charge in [0.1, 0.15) is 11.9 Å². The van der Waals surface area contributed by atoms with Crippen LogP contribution in [0.5, 0.6) is 0 Å². The second-order valence-corrected chi connectivity index (χ2v) is 9.72. The van der Waals surface area contributed by atoms with E-state index < -0.39 is 5.41 Å². The molecule has 0 aromatic heterocycles. The molecule has 0 bridgehead atoms. The smallest absolute Gasteiger partial charge is 0.312 e. The summed E-state index contributed by atoms with van der Waals surface area (Å²) in [7, 11) is 3.79. The van der Waals surface area contributed by atoms with Gasteiger partial charge in [-0.1, -0.05) is 0 Å². The number of carbonyl (C=O) groups is 2. The SMILES string of the molecule is CN(C)CC(=O)N1CCC2(CC1)C[C@H](CCN1CCN(c3ccc(F)cc3)CC1)OC2=O. The van der Waals surface area contributed by atoms with Gasteiger partial charge in [-0.25, -0.2) is 4.39 Å². The normalized spacial score (nSPS) is 23.8. The number of amides is 1. The summed E-state index contributed by atoms with van der Waals surface area (Å²) in [5.74, 6) is -0.141. The Morgan fingerprint density at radius 2 is 1.75 bits per heavy atom. The van der Waals surface area contributed by atoms with Crippen molar-refractivity contribution in [1.82, 2.24) is 14.7 Å². The minimum absolute atomic E-state index is 0.0262. The third kappa shape index (κ3) is 5.23. The number of likely N-dealkylation sites (N-methyl/N-ethyl adjacent to an activating group) is 1. The van der Waals surface area contributed by atoms with E-state index in [4.69, 9.17) is 4.74 Å². The number of anilines is 1. The van der Waals surface area contributed by atoms with Crippen molar-refractivity contribution in [3.63, 3.8) is 0 Å². The summed E-state index contributed by atoms with van der Waals surface area (Å²) in [6.07, 6.45) is 3.02. The van der Waals surface area contributed by atoms with Gasteiger partial charge in [0.05, 0.1) is 12.0 Å². The maximum atomic E-state index is 13.1. The predicted octanol–water partition coefficient (Wildman–Crippen LogP) is 1.82. The van der Waals surface area contributed by atoms with Gasteiger partial charge in [0, 0.05) is 57.9 Å². The number of hydrogen-bond donors (Lipinski definition) is 0. The van der Waals surface area contributed by atoms with E-state index in [0.717, 1.165) is 51.3 Å². The van der Waals surface area contributed by atoms with E-state index in [-0.39, 0.29) is 23.8 Å². The molecule has 0 saturated carbocycles. The molecule has 1 atom stereocenters. The molecule has 3 heterocycles. The van der Waals surface area contributed by atoms with Gasteiger partial charge in [-0.15, -0.1) is 0 Å². The predicted molar refractivity (Wildman–Crippen MR) is 121 cm³/mol. The van der Waals surface area contributed by atoms with E-state index in [2.05, 4.69) is 9.80 Å². The van der Waals surface area contributed by atoms with Gasteiger partial charge in [0.25, 0.3) is 0 Å². The Bertz CT molecular complexity index is 800. The van der Waals surface area contributed by atoms with Gasteiger partial charge in [-0.3, -0.25) is 14.5 Å². The summed E-state index contributed by atoms with van der Waals surface area (Å²) < 4.78 is 18.9. The fourth-order valence-corrected chi connectivity index (χ4v) is 5.17. The van der Waals surface area contributed by atoms with Crippen LogP contribution < -0.4 is 4.90 Å². The molecule has 0 aliphatic carbocycles. The van der Waals surface area contributed by atoms with Gasteiger partial charge in [-0.2, -0.15) is 0 Å². The van der Waals surface area contributed by atoms with Crippen LogP contribution in [0, 0.1) is 11.2 Å². The Morgan fingerprint density at radius 3 is 2.38 bits per heavy atom. The highest BCUT2D eigenvalue weighted by Gasteiger charge is 2.50. The highest BCUT2D eigenvalue weighted by atomic mass is 19.1. The monoisotopic (exact) mass is 446 g/mol. The lowest BCUT2D eigenvalue weighted by atomic mass is 9.75. The van der Waals surface area contributed by atoms with Crippen LogP contribution in [-0.4, -0.2) is 99.1 Å². The molecule has 3 fully saturated rings. The average molecular weight is 447 g/mol. The fourth-order valence-electron chi connectivity index (χ4n) is 5.17. The molecule has 0 N–H and O–H groups in total. The van der Waals surface area contributed by atoms with Crippen molar-refractivity contribution >= 4 is 17.6 Å². The number of cyclic esters (lactones) is 1. The molecule has 32 heavy (non-hydrogen) atoms. The molecule has 3 saturated heterocycles. The van der Waals surface area contributed by atoms with Crippen molar-refractivity contribution in [3.8, 4) is 0 Å². The number of halogens is 1. The number of rotatable bonds is 6. The number of benzene rings is 1. The summed E-state index contributed by atoms with van der Waals surface area (Å²) in [6.45, 7) is 6.33. The second-order valence-electron chi connectivity index (χ2n) is 9.72. The van der Waals surface area contributed by atoms with E-state index in [1.165, 1.54) is 12.1 Å². The van der Waals surface area contributed by atoms with Crippen molar-refractivity contribution in [1.29, 1.82) is 0 Å². The van der Waals surface area contributed by atoms with E-state index in [0.29, 0.717) is 32.5 Å². The zero-order valence-corrected chi connectivity index (χ0v) is 19.3. The van der Waals surface area contributed by atoms with Crippen LogP contribution >= 0.6 is 0 Å². The van der Waals surface area contributed by atoms with Crippen molar-refractivity contribution in [2.45, 2.75) is 31.8 Å². The molecule has 1 aromatic rings. The molecule has 8 heteroatoms. The third-order valence-electron chi connectivity index (χ3n) is 7.18. The Balaban J connectivity index is 1.20. The van der Waals surface area contributed by atoms with E-state index >= 15 is 0 Å². The summed E-state index contributed by atoms with van der Waals surface area (Å²) >= 11 is 0. The lowest BCUT2D eigenvalue weighted by Gasteiger charge is -2.37. The lowest BCUT2D eigenvalue weighted by molar-refractivity contribution is -0.152. The number of piperidine rings is 1. The molecule has 0 radical (unpaired) electrons. The van der Waals surface area contributed by atoms with Crippen LogP contribution in [0.1, 0.15) is 25.7 Å². The Hall–Kier alpha value is -2.19. The lowest BCUT2D eigenvalue weighted by Crippen LogP contribution is -2.47. The van der Waals surface area contributed by atoms with Crippen LogP contribution in [0.2, 0.25) is 0 Å². The minimum atomic E-state index is -0.402. The Kier molecular flexibility index (Phi) is 7.00. The third-order valence-corrected chi connectivity index (χ3v) is 7.18. The number of ether oxygens (including phenoxy) is 1. The topological polar surface area (TPSA) is 56.3 Å². The molecule has 7 nitrogen and oxygen atoms in total. The average Bonchev–Trinajstić information content (AvgIpc) is 3.08. The summed E-state index contributed by atoms with van der Waals surface area (Å²) in [5.41, 5.74) is 0.661. The molecule has 0 unspecified atom stereocenters. The summed E-state index contributed by atoms with van der Waals surface area (Å²) in [5, 5.41) is 0. The highest BCUT2D eigenvalue weighted by Crippen LogP contribution is 2.44. The van der Waals surface area contributed by atoms with Crippen LogP contribution in [0.4, 0.5) is 10.1 Å². The molecular formula is C24H35FN4O3. The van der Waals surface area contributed by atoms with Crippen molar-refractivity contribution < 1.29 is 18.7 Å². The summed E-state index contributed by atoms with van der Waals surface area (Å²) in [4.78, 5) is 33.5. The molecule has 3 aliphatic rings. The molecular weight excluding hydrogens is 411 g/mol. The standard InChI is InChI=1S/C24H35FN4O3/c1-26(2)18-22(30)29-11-8-24(9-12-29)17-21(32-23(24)31)7-10-27-13-15-28(16-14-27)20-5-3-19(25)4-6-20/h3-6,21H,7-18H2,1-2H3/t21-/m0/s1. The van der Waals surface area contributed by atoms with Crippen LogP contribution in [0.3, 0.4) is 0 Å². The van der Waals surface area contributed by atoms with E-state index in [1.54, 1.807) is 0 Å². The maximum absolute atomic E-state index is 13.1. The van der Waals surface area contributed by atoms with Crippen molar-refractivity contribution in [2.24, 2.45) is 5.41 Å². The quantitative estimate of drug-likeness (QED) is 0.622. The summed E-state index contributed by atoms with van der Waals surface area (Å²) in [6, 6.07) is 6.69. The minimum Gasteiger partial charge on any atom is -0.462 e. The first kappa shape index (κ1) is 23.0. The molecule has 176 valence electrons. The van der Waals surface area contributed by atoms with Crippen molar-refractivity contribution in [3.05, 3.63) is 30.1 Å². The second kappa shape index (κ2) is 9.75. The number of nitrogens with zero attached hydrogens (tertiary/aromatic N) is 4. The van der Waals surface area contributed by atoms with Gasteiger partial charge >= 0.3 is 5.97 Å². The molecule has 1 spiro atoms. The first-order chi connectivity index (χ1) is 15.3. The van der Waals surface area contributed by atoms with E-state index in [9.17, 15) is 14.0 Å². The van der Waals surface area contributed by atoms with Gasteiger partial charge in [0.2, 0.25) is 5.91 Å². The number of esters is 1. The number of hydrogen-bond acceptors (Lipinski definition) is 6. The Labute approximate surface area is 190 Å². The first-order valence-corrected chi connectivity index (χ1v) is 11.7. The zero-order chi connectivity index (χ0) is 22.7. The zero-order valence-electron chi connectivity index (χ0n) is 19.3. The number of piperazine rings is 1. The van der Waals surface area contributed by atoms with Crippen LogP contribution in [0.15, 0.2) is 24.3 Å². The number of likely N-dealkylation sites (tertiary alicyclic amines) is 1. The van der Waals surface area contributed by atoms with Gasteiger partial charge in [-0.05, 0) is 57.6 Å². The first-order valence-electron chi connectivity index (χ1n) is 11.7. The molecule has 1 aromatic carbocycles.